The quantitative estimate of drug-likeness (QED) is 0.704. The van der Waals surface area contributed by atoms with Gasteiger partial charge in [0.25, 0.3) is 11.8 Å². The minimum atomic E-state index is -0.388. The molecule has 7 nitrogen and oxygen atoms in total. The first-order valence-corrected chi connectivity index (χ1v) is 9.65. The molecule has 0 saturated heterocycles. The molecule has 0 radical (unpaired) electrons. The Bertz CT molecular complexity index is 1080. The van der Waals surface area contributed by atoms with E-state index in [0.717, 1.165) is 5.56 Å². The summed E-state index contributed by atoms with van der Waals surface area (Å²) in [6.07, 6.45) is 0. The van der Waals surface area contributed by atoms with Crippen molar-refractivity contribution >= 4 is 28.7 Å². The molecule has 29 heavy (non-hydrogen) atoms. The monoisotopic (exact) mass is 393 g/mol. The maximum absolute atomic E-state index is 12.6. The maximum Gasteiger partial charge on any atom is 0.272 e. The molecule has 1 aromatic carbocycles. The largest absolute Gasteiger partial charge is 0.348 e. The Labute approximate surface area is 170 Å². The van der Waals surface area contributed by atoms with E-state index in [4.69, 9.17) is 0 Å². The van der Waals surface area contributed by atoms with Crippen LogP contribution in [0.1, 0.15) is 61.0 Å². The average molecular weight is 393 g/mol. The number of amides is 2. The number of nitrogens with one attached hydrogen (secondary N) is 2. The molecule has 2 heterocycles. The smallest absolute Gasteiger partial charge is 0.272 e. The fourth-order valence-corrected chi connectivity index (χ4v) is 3.01. The first-order valence-electron chi connectivity index (χ1n) is 9.65. The fraction of sp³-hybridized carbons (Fsp3) is 0.364. The van der Waals surface area contributed by atoms with Crippen molar-refractivity contribution in [2.24, 2.45) is 0 Å². The summed E-state index contributed by atoms with van der Waals surface area (Å²) in [6, 6.07) is 10.8. The topological polar surface area (TPSA) is 88.9 Å². The van der Waals surface area contributed by atoms with Crippen molar-refractivity contribution in [1.82, 2.24) is 20.1 Å². The standard InChI is InChI=1S/C22H27N5O2/c1-13(2)23-21(29)18-16-10-11-17(24-19(16)27(26-18)22(4,5)6)25-20(28)15-9-7-8-14(3)12-15/h7-13H,1-6H3,(H,23,29)(H,24,25,28). The highest BCUT2D eigenvalue weighted by molar-refractivity contribution is 6.06. The van der Waals surface area contributed by atoms with Crippen LogP contribution in [0.4, 0.5) is 5.82 Å². The van der Waals surface area contributed by atoms with Gasteiger partial charge in [-0.05, 0) is 65.8 Å². The van der Waals surface area contributed by atoms with E-state index in [-0.39, 0.29) is 23.4 Å². The maximum atomic E-state index is 12.6. The van der Waals surface area contributed by atoms with Crippen molar-refractivity contribution in [3.8, 4) is 0 Å². The second kappa shape index (κ2) is 7.66. The predicted molar refractivity (Wildman–Crippen MR) is 114 cm³/mol. The van der Waals surface area contributed by atoms with E-state index >= 15 is 0 Å². The number of anilines is 1. The van der Waals surface area contributed by atoms with Gasteiger partial charge in [0.15, 0.2) is 11.3 Å². The predicted octanol–water partition coefficient (Wildman–Crippen LogP) is 3.89. The molecule has 0 aliphatic heterocycles. The third-order valence-corrected chi connectivity index (χ3v) is 4.32. The minimum absolute atomic E-state index is 0.00168. The lowest BCUT2D eigenvalue weighted by atomic mass is 10.1. The van der Waals surface area contributed by atoms with Crippen LogP contribution in [0.15, 0.2) is 36.4 Å². The summed E-state index contributed by atoms with van der Waals surface area (Å²) < 4.78 is 1.72. The summed E-state index contributed by atoms with van der Waals surface area (Å²) >= 11 is 0. The molecule has 0 spiro atoms. The summed E-state index contributed by atoms with van der Waals surface area (Å²) in [6.45, 7) is 11.7. The van der Waals surface area contributed by atoms with Crippen LogP contribution >= 0.6 is 0 Å². The van der Waals surface area contributed by atoms with Crippen molar-refractivity contribution in [2.45, 2.75) is 53.1 Å². The molecule has 0 saturated carbocycles. The molecular weight excluding hydrogens is 366 g/mol. The lowest BCUT2D eigenvalue weighted by Gasteiger charge is -2.20. The molecule has 2 aromatic heterocycles. The van der Waals surface area contributed by atoms with Crippen LogP contribution in [0.25, 0.3) is 11.0 Å². The summed E-state index contributed by atoms with van der Waals surface area (Å²) in [5.74, 6) is -0.0725. The molecule has 0 bridgehead atoms. The molecule has 3 rings (SSSR count). The highest BCUT2D eigenvalue weighted by atomic mass is 16.2. The molecule has 152 valence electrons. The van der Waals surface area contributed by atoms with Gasteiger partial charge in [-0.1, -0.05) is 17.7 Å². The normalized spacial score (nSPS) is 11.7. The van der Waals surface area contributed by atoms with Gasteiger partial charge in [0.1, 0.15) is 5.82 Å². The Kier molecular flexibility index (Phi) is 5.42. The number of rotatable bonds is 4. The van der Waals surface area contributed by atoms with Crippen LogP contribution in [0, 0.1) is 6.92 Å². The number of aromatic nitrogens is 3. The number of hydrogen-bond acceptors (Lipinski definition) is 4. The zero-order valence-corrected chi connectivity index (χ0v) is 17.7. The Balaban J connectivity index is 2.02. The van der Waals surface area contributed by atoms with Crippen molar-refractivity contribution < 1.29 is 9.59 Å². The lowest BCUT2D eigenvalue weighted by Crippen LogP contribution is -2.31. The first-order chi connectivity index (χ1) is 13.6. The van der Waals surface area contributed by atoms with Gasteiger partial charge in [0, 0.05) is 11.6 Å². The van der Waals surface area contributed by atoms with Crippen molar-refractivity contribution in [3.63, 3.8) is 0 Å². The Morgan fingerprint density at radius 3 is 2.41 bits per heavy atom. The molecular formula is C22H27N5O2. The number of carbonyl (C=O) groups is 2. The van der Waals surface area contributed by atoms with Crippen LogP contribution in [0.5, 0.6) is 0 Å². The number of pyridine rings is 1. The number of nitrogens with zero attached hydrogens (tertiary/aromatic N) is 3. The Morgan fingerprint density at radius 2 is 1.79 bits per heavy atom. The molecule has 0 aliphatic rings. The number of fused-ring (bicyclic) bond motifs is 1. The number of benzene rings is 1. The summed E-state index contributed by atoms with van der Waals surface area (Å²) in [5, 5.41) is 10.9. The van der Waals surface area contributed by atoms with Gasteiger partial charge >= 0.3 is 0 Å². The van der Waals surface area contributed by atoms with Crippen LogP contribution in [-0.2, 0) is 5.54 Å². The van der Waals surface area contributed by atoms with Crippen LogP contribution in [0.2, 0.25) is 0 Å². The second-order valence-corrected chi connectivity index (χ2v) is 8.45. The summed E-state index contributed by atoms with van der Waals surface area (Å²) in [5.41, 5.74) is 2.06. The molecule has 7 heteroatoms. The van der Waals surface area contributed by atoms with Crippen molar-refractivity contribution in [3.05, 3.63) is 53.2 Å². The van der Waals surface area contributed by atoms with Crippen molar-refractivity contribution in [1.29, 1.82) is 0 Å². The summed E-state index contributed by atoms with van der Waals surface area (Å²) in [7, 11) is 0. The highest BCUT2D eigenvalue weighted by Crippen LogP contribution is 2.25. The average Bonchev–Trinajstić information content (AvgIpc) is 3.00. The van der Waals surface area contributed by atoms with E-state index in [2.05, 4.69) is 20.7 Å². The molecule has 0 atom stereocenters. The van der Waals surface area contributed by atoms with Gasteiger partial charge in [-0.25, -0.2) is 9.67 Å². The lowest BCUT2D eigenvalue weighted by molar-refractivity contribution is 0.0937. The minimum Gasteiger partial charge on any atom is -0.348 e. The highest BCUT2D eigenvalue weighted by Gasteiger charge is 2.25. The van der Waals surface area contributed by atoms with Gasteiger partial charge in [0.05, 0.1) is 10.9 Å². The number of carbonyl (C=O) groups excluding carboxylic acids is 2. The van der Waals surface area contributed by atoms with Crippen LogP contribution in [-0.4, -0.2) is 32.6 Å². The van der Waals surface area contributed by atoms with Gasteiger partial charge in [-0.3, -0.25) is 9.59 Å². The Morgan fingerprint density at radius 1 is 1.07 bits per heavy atom. The SMILES string of the molecule is Cc1cccc(C(=O)Nc2ccc3c(C(=O)NC(C)C)nn(C(C)(C)C)c3n2)c1. The molecule has 2 N–H and O–H groups in total. The first kappa shape index (κ1) is 20.5. The van der Waals surface area contributed by atoms with Crippen LogP contribution < -0.4 is 10.6 Å². The van der Waals surface area contributed by atoms with E-state index < -0.39 is 0 Å². The second-order valence-electron chi connectivity index (χ2n) is 8.45. The van der Waals surface area contributed by atoms with Gasteiger partial charge in [0.2, 0.25) is 0 Å². The molecule has 0 unspecified atom stereocenters. The Hall–Kier alpha value is -3.22. The van der Waals surface area contributed by atoms with E-state index in [1.165, 1.54) is 0 Å². The molecule has 0 fully saturated rings. The van der Waals surface area contributed by atoms with Gasteiger partial charge in [-0.15, -0.1) is 0 Å². The van der Waals surface area contributed by atoms with Gasteiger partial charge < -0.3 is 10.6 Å². The van der Waals surface area contributed by atoms with E-state index in [9.17, 15) is 9.59 Å². The number of hydrogen-bond donors (Lipinski definition) is 2. The van der Waals surface area contributed by atoms with Gasteiger partial charge in [-0.2, -0.15) is 5.10 Å². The third-order valence-electron chi connectivity index (χ3n) is 4.32. The molecule has 0 aliphatic carbocycles. The fourth-order valence-electron chi connectivity index (χ4n) is 3.01. The summed E-state index contributed by atoms with van der Waals surface area (Å²) in [4.78, 5) is 29.8. The zero-order chi connectivity index (χ0) is 21.3. The number of aryl methyl sites for hydroxylation is 1. The molecule has 2 amide bonds. The zero-order valence-electron chi connectivity index (χ0n) is 17.7. The van der Waals surface area contributed by atoms with E-state index in [0.29, 0.717) is 28.1 Å². The van der Waals surface area contributed by atoms with Crippen molar-refractivity contribution in [2.75, 3.05) is 5.32 Å². The van der Waals surface area contributed by atoms with E-state index in [1.807, 2.05) is 59.7 Å². The van der Waals surface area contributed by atoms with Crippen LogP contribution in [0.3, 0.4) is 0 Å². The third kappa shape index (κ3) is 4.45. The van der Waals surface area contributed by atoms with E-state index in [1.54, 1.807) is 22.9 Å². The molecule has 3 aromatic rings.